The minimum absolute atomic E-state index is 0.114. The first-order valence-corrected chi connectivity index (χ1v) is 8.74. The van der Waals surface area contributed by atoms with Gasteiger partial charge < -0.3 is 10.1 Å². The van der Waals surface area contributed by atoms with Crippen LogP contribution in [0.4, 0.5) is 18.9 Å². The molecule has 0 saturated heterocycles. The van der Waals surface area contributed by atoms with Gasteiger partial charge in [0.1, 0.15) is 21.9 Å². The number of hydrogen-bond acceptors (Lipinski definition) is 6. The average molecular weight is 385 g/mol. The SMILES string of the molecule is O=C(CSc1ncnc2sccc12)Nc1ccc(OC(F)(F)F)cc1. The molecule has 2 heterocycles. The van der Waals surface area contributed by atoms with E-state index in [9.17, 15) is 18.0 Å². The van der Waals surface area contributed by atoms with Gasteiger partial charge in [-0.1, -0.05) is 11.8 Å². The molecule has 0 atom stereocenters. The summed E-state index contributed by atoms with van der Waals surface area (Å²) in [6.45, 7) is 0. The lowest BCUT2D eigenvalue weighted by Crippen LogP contribution is -2.17. The van der Waals surface area contributed by atoms with Gasteiger partial charge >= 0.3 is 6.36 Å². The normalized spacial score (nSPS) is 11.5. The van der Waals surface area contributed by atoms with Crippen LogP contribution >= 0.6 is 23.1 Å². The lowest BCUT2D eigenvalue weighted by Gasteiger charge is -2.10. The third kappa shape index (κ3) is 4.83. The van der Waals surface area contributed by atoms with Crippen LogP contribution in [0.25, 0.3) is 10.2 Å². The second-order valence-corrected chi connectivity index (χ2v) is 6.59. The molecule has 0 fully saturated rings. The van der Waals surface area contributed by atoms with Gasteiger partial charge in [0.25, 0.3) is 0 Å². The molecule has 0 radical (unpaired) electrons. The van der Waals surface area contributed by atoms with Crippen LogP contribution in [0.1, 0.15) is 0 Å². The minimum Gasteiger partial charge on any atom is -0.406 e. The number of benzene rings is 1. The van der Waals surface area contributed by atoms with Crippen molar-refractivity contribution in [3.63, 3.8) is 0 Å². The Bertz CT molecular complexity index is 882. The van der Waals surface area contributed by atoms with E-state index in [0.717, 1.165) is 22.3 Å². The van der Waals surface area contributed by atoms with E-state index in [1.54, 1.807) is 0 Å². The lowest BCUT2D eigenvalue weighted by molar-refractivity contribution is -0.274. The van der Waals surface area contributed by atoms with Crippen LogP contribution < -0.4 is 10.1 Å². The maximum atomic E-state index is 12.1. The number of alkyl halides is 3. The van der Waals surface area contributed by atoms with E-state index in [2.05, 4.69) is 20.0 Å². The molecule has 3 aromatic rings. The van der Waals surface area contributed by atoms with E-state index >= 15 is 0 Å². The Balaban J connectivity index is 1.56. The number of fused-ring (bicyclic) bond motifs is 1. The molecule has 130 valence electrons. The fourth-order valence-corrected chi connectivity index (χ4v) is 3.53. The van der Waals surface area contributed by atoms with Crippen molar-refractivity contribution < 1.29 is 22.7 Å². The summed E-state index contributed by atoms with van der Waals surface area (Å²) in [5.74, 6) is -0.528. The number of anilines is 1. The van der Waals surface area contributed by atoms with Gasteiger partial charge in [-0.05, 0) is 35.7 Å². The summed E-state index contributed by atoms with van der Waals surface area (Å²) in [5, 5.41) is 6.10. The molecule has 2 aromatic heterocycles. The quantitative estimate of drug-likeness (QED) is 0.523. The fourth-order valence-electron chi connectivity index (χ4n) is 1.95. The Kier molecular flexibility index (Phi) is 5.09. The van der Waals surface area contributed by atoms with Crippen molar-refractivity contribution in [2.45, 2.75) is 11.4 Å². The maximum absolute atomic E-state index is 12.1. The summed E-state index contributed by atoms with van der Waals surface area (Å²) in [5.41, 5.74) is 0.378. The van der Waals surface area contributed by atoms with Crippen LogP contribution in [0.15, 0.2) is 47.1 Å². The van der Waals surface area contributed by atoms with Crippen LogP contribution in [-0.4, -0.2) is 28.0 Å². The van der Waals surface area contributed by atoms with Gasteiger partial charge in [0.15, 0.2) is 0 Å². The lowest BCUT2D eigenvalue weighted by atomic mass is 10.3. The van der Waals surface area contributed by atoms with E-state index in [-0.39, 0.29) is 17.4 Å². The van der Waals surface area contributed by atoms with Crippen LogP contribution in [0, 0.1) is 0 Å². The Labute approximate surface area is 148 Å². The van der Waals surface area contributed by atoms with E-state index in [1.165, 1.54) is 41.6 Å². The molecule has 0 aliphatic rings. The molecule has 10 heteroatoms. The van der Waals surface area contributed by atoms with Crippen molar-refractivity contribution in [1.29, 1.82) is 0 Å². The largest absolute Gasteiger partial charge is 0.573 e. The van der Waals surface area contributed by atoms with Gasteiger partial charge in [-0.25, -0.2) is 9.97 Å². The molecular weight excluding hydrogens is 375 g/mol. The summed E-state index contributed by atoms with van der Waals surface area (Å²) in [6.07, 6.45) is -3.30. The molecule has 0 bridgehead atoms. The zero-order chi connectivity index (χ0) is 17.9. The van der Waals surface area contributed by atoms with Gasteiger partial charge in [-0.2, -0.15) is 0 Å². The molecule has 3 rings (SSSR count). The topological polar surface area (TPSA) is 64.1 Å². The molecule has 1 aromatic carbocycles. The first-order valence-electron chi connectivity index (χ1n) is 6.87. The highest BCUT2D eigenvalue weighted by molar-refractivity contribution is 8.00. The highest BCUT2D eigenvalue weighted by Gasteiger charge is 2.30. The average Bonchev–Trinajstić information content (AvgIpc) is 3.02. The molecule has 25 heavy (non-hydrogen) atoms. The standard InChI is InChI=1S/C15H10F3N3O2S2/c16-15(17,18)23-10-3-1-9(2-4-10)21-12(22)7-25-14-11-5-6-24-13(11)19-8-20-14/h1-6,8H,7H2,(H,21,22). The summed E-state index contributed by atoms with van der Waals surface area (Å²) in [6, 6.07) is 6.83. The monoisotopic (exact) mass is 385 g/mol. The number of halogens is 3. The molecular formula is C15H10F3N3O2S2. The molecule has 0 aliphatic carbocycles. The third-order valence-electron chi connectivity index (χ3n) is 2.94. The number of thioether (sulfide) groups is 1. The molecule has 1 N–H and O–H groups in total. The molecule has 1 amide bonds. The van der Waals surface area contributed by atoms with Gasteiger partial charge in [0.2, 0.25) is 5.91 Å². The number of ether oxygens (including phenoxy) is 1. The van der Waals surface area contributed by atoms with Crippen molar-refractivity contribution in [2.24, 2.45) is 0 Å². The second-order valence-electron chi connectivity index (χ2n) is 4.73. The first-order chi connectivity index (χ1) is 11.9. The zero-order valence-corrected chi connectivity index (χ0v) is 14.0. The molecule has 0 spiro atoms. The number of nitrogens with zero attached hydrogens (tertiary/aromatic N) is 2. The predicted molar refractivity (Wildman–Crippen MR) is 89.9 cm³/mol. The summed E-state index contributed by atoms with van der Waals surface area (Å²) >= 11 is 2.75. The van der Waals surface area contributed by atoms with Gasteiger partial charge in [0, 0.05) is 11.1 Å². The number of thiophene rings is 1. The number of aromatic nitrogens is 2. The second kappa shape index (κ2) is 7.28. The van der Waals surface area contributed by atoms with Crippen molar-refractivity contribution >= 4 is 44.9 Å². The zero-order valence-electron chi connectivity index (χ0n) is 12.4. The van der Waals surface area contributed by atoms with Crippen LogP contribution in [-0.2, 0) is 4.79 Å². The number of carbonyl (C=O) groups is 1. The fraction of sp³-hybridized carbons (Fsp3) is 0.133. The number of hydrogen-bond donors (Lipinski definition) is 1. The first kappa shape index (κ1) is 17.5. The minimum atomic E-state index is -4.74. The van der Waals surface area contributed by atoms with Gasteiger partial charge in [0.05, 0.1) is 5.75 Å². The highest BCUT2D eigenvalue weighted by atomic mass is 32.2. The Morgan fingerprint density at radius 1 is 1.20 bits per heavy atom. The van der Waals surface area contributed by atoms with Crippen LogP contribution in [0.5, 0.6) is 5.75 Å². The smallest absolute Gasteiger partial charge is 0.406 e. The predicted octanol–water partition coefficient (Wildman–Crippen LogP) is 4.32. The number of rotatable bonds is 5. The van der Waals surface area contributed by atoms with Crippen molar-refractivity contribution in [3.05, 3.63) is 42.0 Å². The molecule has 0 unspecified atom stereocenters. The summed E-state index contributed by atoms with van der Waals surface area (Å²) in [7, 11) is 0. The summed E-state index contributed by atoms with van der Waals surface area (Å²) in [4.78, 5) is 21.1. The third-order valence-corrected chi connectivity index (χ3v) is 4.76. The van der Waals surface area contributed by atoms with E-state index < -0.39 is 6.36 Å². The molecule has 0 saturated carbocycles. The Hall–Kier alpha value is -2.33. The van der Waals surface area contributed by atoms with Gasteiger partial charge in [-0.3, -0.25) is 4.79 Å². The van der Waals surface area contributed by atoms with Crippen molar-refractivity contribution in [1.82, 2.24) is 9.97 Å². The van der Waals surface area contributed by atoms with E-state index in [0.29, 0.717) is 10.7 Å². The van der Waals surface area contributed by atoms with E-state index in [1.807, 2.05) is 11.4 Å². The number of nitrogens with one attached hydrogen (secondary N) is 1. The highest BCUT2D eigenvalue weighted by Crippen LogP contribution is 2.28. The Morgan fingerprint density at radius 3 is 2.68 bits per heavy atom. The van der Waals surface area contributed by atoms with Crippen LogP contribution in [0.2, 0.25) is 0 Å². The maximum Gasteiger partial charge on any atom is 0.573 e. The number of carbonyl (C=O) groups excluding carboxylic acids is 1. The number of amides is 1. The molecule has 5 nitrogen and oxygen atoms in total. The molecule has 0 aliphatic heterocycles. The summed E-state index contributed by atoms with van der Waals surface area (Å²) < 4.78 is 40.1. The van der Waals surface area contributed by atoms with E-state index in [4.69, 9.17) is 0 Å². The van der Waals surface area contributed by atoms with Crippen molar-refractivity contribution in [3.8, 4) is 5.75 Å². The van der Waals surface area contributed by atoms with Gasteiger partial charge in [-0.15, -0.1) is 24.5 Å². The Morgan fingerprint density at radius 2 is 1.96 bits per heavy atom. The van der Waals surface area contributed by atoms with Crippen molar-refractivity contribution in [2.75, 3.05) is 11.1 Å². The van der Waals surface area contributed by atoms with Crippen LogP contribution in [0.3, 0.4) is 0 Å².